The van der Waals surface area contributed by atoms with Crippen LogP contribution in [0, 0.1) is 6.92 Å². The van der Waals surface area contributed by atoms with Gasteiger partial charge in [-0.2, -0.15) is 0 Å². The summed E-state index contributed by atoms with van der Waals surface area (Å²) in [6, 6.07) is 17.4. The molecule has 0 fully saturated rings. The Morgan fingerprint density at radius 2 is 1.71 bits per heavy atom. The Labute approximate surface area is 221 Å². The first-order valence-corrected chi connectivity index (χ1v) is 12.9. The maximum atomic E-state index is 13.9. The number of rotatable bonds is 9. The summed E-state index contributed by atoms with van der Waals surface area (Å²) >= 11 is 0. The number of benzene rings is 3. The van der Waals surface area contributed by atoms with Gasteiger partial charge in [0.2, 0.25) is 5.76 Å². The number of hydrogen-bond donors (Lipinski definition) is 0. The largest absolute Gasteiger partial charge is 0.497 e. The molecule has 0 N–H and O–H groups in total. The highest BCUT2D eigenvalue weighted by Crippen LogP contribution is 2.43. The second kappa shape index (κ2) is 10.6. The molecule has 38 heavy (non-hydrogen) atoms. The number of carbonyl (C=O) groups excluding carboxylic acids is 1. The standard InChI is InChI=1S/C31H31NO6/c1-5-7-16-37-25-15-9-20(18-26(25)36-6-2)28-27-29(33)23-17-19(3)8-14-24(23)38-30(27)31(34)32(28)21-10-12-22(35-4)13-11-21/h8-15,17-18,28H,5-7,16H2,1-4H3. The molecule has 0 saturated carbocycles. The molecule has 196 valence electrons. The third-order valence-electron chi connectivity index (χ3n) is 6.72. The highest BCUT2D eigenvalue weighted by Gasteiger charge is 2.44. The molecule has 1 aromatic heterocycles. The Morgan fingerprint density at radius 1 is 0.921 bits per heavy atom. The van der Waals surface area contributed by atoms with Crippen molar-refractivity contribution in [3.05, 3.63) is 93.3 Å². The molecule has 0 spiro atoms. The van der Waals surface area contributed by atoms with E-state index in [4.69, 9.17) is 18.6 Å². The fourth-order valence-electron chi connectivity index (χ4n) is 4.82. The fourth-order valence-corrected chi connectivity index (χ4v) is 4.82. The van der Waals surface area contributed by atoms with E-state index < -0.39 is 6.04 Å². The van der Waals surface area contributed by atoms with Gasteiger partial charge in [-0.15, -0.1) is 0 Å². The van der Waals surface area contributed by atoms with Gasteiger partial charge in [-0.25, -0.2) is 0 Å². The summed E-state index contributed by atoms with van der Waals surface area (Å²) < 4.78 is 23.3. The average Bonchev–Trinajstić information content (AvgIpc) is 3.22. The summed E-state index contributed by atoms with van der Waals surface area (Å²) in [6.07, 6.45) is 1.94. The molecule has 1 unspecified atom stereocenters. The van der Waals surface area contributed by atoms with Crippen LogP contribution in [0.25, 0.3) is 11.0 Å². The highest BCUT2D eigenvalue weighted by molar-refractivity contribution is 6.10. The normalized spacial score (nSPS) is 14.6. The van der Waals surface area contributed by atoms with Gasteiger partial charge in [-0.1, -0.05) is 31.0 Å². The Morgan fingerprint density at radius 3 is 2.42 bits per heavy atom. The zero-order valence-electron chi connectivity index (χ0n) is 22.1. The van der Waals surface area contributed by atoms with Gasteiger partial charge >= 0.3 is 0 Å². The SMILES string of the molecule is CCCCOc1ccc(C2c3c(oc4ccc(C)cc4c3=O)C(=O)N2c2ccc(OC)cc2)cc1OCC. The summed E-state index contributed by atoms with van der Waals surface area (Å²) in [7, 11) is 1.59. The van der Waals surface area contributed by atoms with Crippen LogP contribution in [0.3, 0.4) is 0 Å². The van der Waals surface area contributed by atoms with Gasteiger partial charge in [-0.3, -0.25) is 14.5 Å². The lowest BCUT2D eigenvalue weighted by atomic mass is 9.97. The first-order valence-electron chi connectivity index (χ1n) is 12.9. The molecule has 1 amide bonds. The number of fused-ring (bicyclic) bond motifs is 2. The third-order valence-corrected chi connectivity index (χ3v) is 6.72. The first-order chi connectivity index (χ1) is 18.5. The quantitative estimate of drug-likeness (QED) is 0.240. The van der Waals surface area contributed by atoms with Gasteiger partial charge < -0.3 is 18.6 Å². The molecule has 1 atom stereocenters. The molecule has 1 aliphatic rings. The molecule has 0 aliphatic carbocycles. The summed E-state index contributed by atoms with van der Waals surface area (Å²) in [5, 5.41) is 0.447. The second-order valence-electron chi connectivity index (χ2n) is 9.29. The molecular weight excluding hydrogens is 482 g/mol. The van der Waals surface area contributed by atoms with Crippen molar-refractivity contribution < 1.29 is 23.4 Å². The van der Waals surface area contributed by atoms with Crippen molar-refractivity contribution in [2.45, 2.75) is 39.7 Å². The van der Waals surface area contributed by atoms with Gasteiger partial charge in [0.1, 0.15) is 11.3 Å². The van der Waals surface area contributed by atoms with Gasteiger partial charge in [0.15, 0.2) is 16.9 Å². The van der Waals surface area contributed by atoms with Crippen molar-refractivity contribution in [2.75, 3.05) is 25.2 Å². The van der Waals surface area contributed by atoms with Crippen LogP contribution in [0.15, 0.2) is 69.9 Å². The van der Waals surface area contributed by atoms with E-state index in [-0.39, 0.29) is 17.1 Å². The summed E-state index contributed by atoms with van der Waals surface area (Å²) in [5.41, 5.74) is 2.75. The first kappa shape index (κ1) is 25.4. The van der Waals surface area contributed by atoms with Gasteiger partial charge in [0, 0.05) is 5.69 Å². The third kappa shape index (κ3) is 4.49. The van der Waals surface area contributed by atoms with E-state index in [2.05, 4.69) is 6.92 Å². The topological polar surface area (TPSA) is 78.2 Å². The number of anilines is 1. The maximum Gasteiger partial charge on any atom is 0.295 e. The number of nitrogens with zero attached hydrogens (tertiary/aromatic N) is 1. The van der Waals surface area contributed by atoms with Crippen molar-refractivity contribution in [1.82, 2.24) is 0 Å². The molecule has 4 aromatic rings. The van der Waals surface area contributed by atoms with Crippen LogP contribution in [0.4, 0.5) is 5.69 Å². The molecule has 0 radical (unpaired) electrons. The van der Waals surface area contributed by atoms with Crippen LogP contribution in [-0.2, 0) is 0 Å². The van der Waals surface area contributed by atoms with Crippen LogP contribution in [0.5, 0.6) is 17.2 Å². The van der Waals surface area contributed by atoms with E-state index in [1.54, 1.807) is 48.4 Å². The van der Waals surface area contributed by atoms with Gasteiger partial charge in [0.05, 0.1) is 37.3 Å². The summed E-state index contributed by atoms with van der Waals surface area (Å²) in [6.45, 7) is 6.96. The van der Waals surface area contributed by atoms with E-state index in [9.17, 15) is 9.59 Å². The van der Waals surface area contributed by atoms with Gasteiger partial charge in [0.25, 0.3) is 5.91 Å². The average molecular weight is 514 g/mol. The number of amides is 1. The number of methoxy groups -OCH3 is 1. The number of aryl methyl sites for hydroxylation is 1. The van der Waals surface area contributed by atoms with Gasteiger partial charge in [-0.05, 0) is 74.4 Å². The number of unbranched alkanes of at least 4 members (excludes halogenated alkanes) is 1. The lowest BCUT2D eigenvalue weighted by molar-refractivity contribution is 0.0971. The predicted molar refractivity (Wildman–Crippen MR) is 147 cm³/mol. The molecule has 2 heterocycles. The number of carbonyl (C=O) groups is 1. The molecule has 5 rings (SSSR count). The van der Waals surface area contributed by atoms with Crippen molar-refractivity contribution in [3.8, 4) is 17.2 Å². The minimum atomic E-state index is -0.712. The van der Waals surface area contributed by atoms with Crippen LogP contribution < -0.4 is 24.5 Å². The minimum absolute atomic E-state index is 0.0494. The number of ether oxygens (including phenoxy) is 3. The van der Waals surface area contributed by atoms with Crippen molar-refractivity contribution in [1.29, 1.82) is 0 Å². The maximum absolute atomic E-state index is 13.9. The molecule has 3 aromatic carbocycles. The van der Waals surface area contributed by atoms with Crippen molar-refractivity contribution in [3.63, 3.8) is 0 Å². The fraction of sp³-hybridized carbons (Fsp3) is 0.290. The minimum Gasteiger partial charge on any atom is -0.497 e. The molecule has 7 nitrogen and oxygen atoms in total. The predicted octanol–water partition coefficient (Wildman–Crippen LogP) is 6.44. The molecule has 0 saturated heterocycles. The van der Waals surface area contributed by atoms with Crippen LogP contribution in [0.2, 0.25) is 0 Å². The van der Waals surface area contributed by atoms with E-state index in [1.165, 1.54) is 0 Å². The van der Waals surface area contributed by atoms with Crippen molar-refractivity contribution in [2.24, 2.45) is 0 Å². The summed E-state index contributed by atoms with van der Waals surface area (Å²) in [4.78, 5) is 29.4. The second-order valence-corrected chi connectivity index (χ2v) is 9.29. The molecule has 1 aliphatic heterocycles. The highest BCUT2D eigenvalue weighted by atomic mass is 16.5. The molecule has 7 heteroatoms. The zero-order valence-corrected chi connectivity index (χ0v) is 22.1. The van der Waals surface area contributed by atoms with Crippen LogP contribution in [-0.4, -0.2) is 26.2 Å². The molecular formula is C31H31NO6. The number of hydrogen-bond acceptors (Lipinski definition) is 6. The Hall–Kier alpha value is -4.26. The zero-order chi connectivity index (χ0) is 26.8. The lowest BCUT2D eigenvalue weighted by Crippen LogP contribution is -2.29. The monoisotopic (exact) mass is 513 g/mol. The van der Waals surface area contributed by atoms with E-state index in [1.807, 2.05) is 38.1 Å². The van der Waals surface area contributed by atoms with E-state index >= 15 is 0 Å². The van der Waals surface area contributed by atoms with E-state index in [0.717, 1.165) is 24.0 Å². The Bertz CT molecular complexity index is 1540. The lowest BCUT2D eigenvalue weighted by Gasteiger charge is -2.26. The Kier molecular flexibility index (Phi) is 7.09. The summed E-state index contributed by atoms with van der Waals surface area (Å²) in [5.74, 6) is 1.53. The van der Waals surface area contributed by atoms with Crippen LogP contribution >= 0.6 is 0 Å². The van der Waals surface area contributed by atoms with Crippen LogP contribution in [0.1, 0.15) is 60.0 Å². The molecule has 0 bridgehead atoms. The Balaban J connectivity index is 1.71. The van der Waals surface area contributed by atoms with Crippen molar-refractivity contribution >= 4 is 22.6 Å². The van der Waals surface area contributed by atoms with E-state index in [0.29, 0.717) is 52.7 Å². The smallest absolute Gasteiger partial charge is 0.295 e.